The highest BCUT2D eigenvalue weighted by atomic mass is 16.5. The Morgan fingerprint density at radius 1 is 0.812 bits per heavy atom. The van der Waals surface area contributed by atoms with Gasteiger partial charge >= 0.3 is 0 Å². The van der Waals surface area contributed by atoms with E-state index >= 15 is 0 Å². The predicted octanol–water partition coefficient (Wildman–Crippen LogP) is 4.40. The molecule has 4 rings (SSSR count). The first-order valence-electron chi connectivity index (χ1n) is 10.2. The fourth-order valence-electron chi connectivity index (χ4n) is 3.63. The van der Waals surface area contributed by atoms with Gasteiger partial charge in [-0.15, -0.1) is 0 Å². The predicted molar refractivity (Wildman–Crippen MR) is 123 cm³/mol. The molecule has 3 aromatic rings. The number of rotatable bonds is 7. The standard InChI is InChI=1S/C26H24N2O4/c1-17-8-12-19(13-9-17)27-24-23(21-6-4-5-7-22(21)32-3)25(29)28(26(24)30)16-18-10-14-20(31-2)15-11-18/h4-15,27H,16H2,1-3H3. The van der Waals surface area contributed by atoms with Crippen LogP contribution in [-0.4, -0.2) is 30.9 Å². The SMILES string of the molecule is COc1ccc(CN2C(=O)C(Nc3ccc(C)cc3)=C(c3ccccc3OC)C2=O)cc1. The van der Waals surface area contributed by atoms with Gasteiger partial charge in [0.05, 0.1) is 26.3 Å². The number of hydrogen-bond acceptors (Lipinski definition) is 5. The molecule has 0 saturated heterocycles. The number of anilines is 1. The topological polar surface area (TPSA) is 67.9 Å². The molecule has 0 atom stereocenters. The van der Waals surface area contributed by atoms with Crippen molar-refractivity contribution >= 4 is 23.1 Å². The minimum atomic E-state index is -0.382. The number of methoxy groups -OCH3 is 2. The summed E-state index contributed by atoms with van der Waals surface area (Å²) in [4.78, 5) is 28.2. The van der Waals surface area contributed by atoms with Crippen LogP contribution < -0.4 is 14.8 Å². The second-order valence-electron chi connectivity index (χ2n) is 7.49. The summed E-state index contributed by atoms with van der Waals surface area (Å²) in [5.74, 6) is 0.484. The van der Waals surface area contributed by atoms with Crippen molar-refractivity contribution in [1.29, 1.82) is 0 Å². The van der Waals surface area contributed by atoms with Crippen LogP contribution in [0.1, 0.15) is 16.7 Å². The number of amides is 2. The Labute approximate surface area is 187 Å². The molecule has 1 aliphatic rings. The molecule has 0 unspecified atom stereocenters. The Morgan fingerprint density at radius 2 is 1.50 bits per heavy atom. The minimum absolute atomic E-state index is 0.152. The van der Waals surface area contributed by atoms with Crippen molar-refractivity contribution in [3.63, 3.8) is 0 Å². The van der Waals surface area contributed by atoms with Crippen molar-refractivity contribution in [3.8, 4) is 11.5 Å². The zero-order chi connectivity index (χ0) is 22.7. The van der Waals surface area contributed by atoms with Crippen molar-refractivity contribution in [3.05, 3.63) is 95.2 Å². The highest BCUT2D eigenvalue weighted by Crippen LogP contribution is 2.36. The summed E-state index contributed by atoms with van der Waals surface area (Å²) in [5, 5.41) is 3.17. The quantitative estimate of drug-likeness (QED) is 0.565. The number of para-hydroxylation sites is 1. The van der Waals surface area contributed by atoms with Gasteiger partial charge in [0.2, 0.25) is 0 Å². The molecular formula is C26H24N2O4. The highest BCUT2D eigenvalue weighted by molar-refractivity contribution is 6.36. The van der Waals surface area contributed by atoms with Crippen LogP contribution in [0.3, 0.4) is 0 Å². The lowest BCUT2D eigenvalue weighted by atomic mass is 10.0. The van der Waals surface area contributed by atoms with Gasteiger partial charge in [-0.3, -0.25) is 14.5 Å². The van der Waals surface area contributed by atoms with Gasteiger partial charge in [-0.25, -0.2) is 0 Å². The van der Waals surface area contributed by atoms with Crippen molar-refractivity contribution in [2.45, 2.75) is 13.5 Å². The highest BCUT2D eigenvalue weighted by Gasteiger charge is 2.40. The maximum Gasteiger partial charge on any atom is 0.278 e. The third-order valence-corrected chi connectivity index (χ3v) is 5.36. The van der Waals surface area contributed by atoms with Crippen LogP contribution in [0.25, 0.3) is 5.57 Å². The molecule has 3 aromatic carbocycles. The number of hydrogen-bond donors (Lipinski definition) is 1. The average Bonchev–Trinajstić information content (AvgIpc) is 3.05. The molecule has 1 heterocycles. The van der Waals surface area contributed by atoms with Crippen LogP contribution >= 0.6 is 0 Å². The van der Waals surface area contributed by atoms with Crippen molar-refractivity contribution < 1.29 is 19.1 Å². The molecule has 0 radical (unpaired) electrons. The molecule has 0 saturated carbocycles. The number of benzene rings is 3. The lowest BCUT2D eigenvalue weighted by Crippen LogP contribution is -2.32. The second-order valence-corrected chi connectivity index (χ2v) is 7.49. The van der Waals surface area contributed by atoms with E-state index in [-0.39, 0.29) is 24.1 Å². The summed E-state index contributed by atoms with van der Waals surface area (Å²) >= 11 is 0. The summed E-state index contributed by atoms with van der Waals surface area (Å²) < 4.78 is 10.7. The number of imide groups is 1. The Hall–Kier alpha value is -4.06. The lowest BCUT2D eigenvalue weighted by molar-refractivity contribution is -0.137. The molecule has 1 aliphatic heterocycles. The van der Waals surface area contributed by atoms with Crippen LogP contribution in [0.2, 0.25) is 0 Å². The zero-order valence-corrected chi connectivity index (χ0v) is 18.2. The molecular weight excluding hydrogens is 404 g/mol. The summed E-state index contributed by atoms with van der Waals surface area (Å²) in [7, 11) is 3.14. The van der Waals surface area contributed by atoms with Crippen LogP contribution in [0.4, 0.5) is 5.69 Å². The Kier molecular flexibility index (Phi) is 5.94. The van der Waals surface area contributed by atoms with Crippen LogP contribution in [-0.2, 0) is 16.1 Å². The third-order valence-electron chi connectivity index (χ3n) is 5.36. The molecule has 0 aromatic heterocycles. The molecule has 6 heteroatoms. The normalized spacial score (nSPS) is 13.5. The fourth-order valence-corrected chi connectivity index (χ4v) is 3.63. The number of nitrogens with one attached hydrogen (secondary N) is 1. The van der Waals surface area contributed by atoms with Gasteiger partial charge in [-0.2, -0.15) is 0 Å². The number of nitrogens with zero attached hydrogens (tertiary/aromatic N) is 1. The molecule has 0 bridgehead atoms. The molecule has 6 nitrogen and oxygen atoms in total. The van der Waals surface area contributed by atoms with E-state index in [0.717, 1.165) is 16.8 Å². The van der Waals surface area contributed by atoms with Gasteiger partial charge in [0.25, 0.3) is 11.8 Å². The fraction of sp³-hybridized carbons (Fsp3) is 0.154. The largest absolute Gasteiger partial charge is 0.497 e. The molecule has 1 N–H and O–H groups in total. The van der Waals surface area contributed by atoms with Crippen LogP contribution in [0.15, 0.2) is 78.5 Å². The number of aryl methyl sites for hydroxylation is 1. The first-order valence-corrected chi connectivity index (χ1v) is 10.2. The monoisotopic (exact) mass is 428 g/mol. The lowest BCUT2D eigenvalue weighted by Gasteiger charge is -2.16. The summed E-state index contributed by atoms with van der Waals surface area (Å²) in [5.41, 5.74) is 3.75. The van der Waals surface area contributed by atoms with Crippen LogP contribution in [0.5, 0.6) is 11.5 Å². The van der Waals surface area contributed by atoms with E-state index in [9.17, 15) is 9.59 Å². The second kappa shape index (κ2) is 8.98. The van der Waals surface area contributed by atoms with Crippen molar-refractivity contribution in [1.82, 2.24) is 4.90 Å². The third kappa shape index (κ3) is 4.07. The van der Waals surface area contributed by atoms with E-state index in [1.54, 1.807) is 38.5 Å². The smallest absolute Gasteiger partial charge is 0.278 e. The van der Waals surface area contributed by atoms with Gasteiger partial charge in [-0.1, -0.05) is 48.0 Å². The zero-order valence-electron chi connectivity index (χ0n) is 18.2. The Balaban J connectivity index is 1.74. The molecule has 2 amide bonds. The molecule has 0 spiro atoms. The maximum absolute atomic E-state index is 13.5. The van der Waals surface area contributed by atoms with Gasteiger partial charge in [-0.05, 0) is 42.8 Å². The summed E-state index contributed by atoms with van der Waals surface area (Å²) in [6.07, 6.45) is 0. The van der Waals surface area contributed by atoms with E-state index in [4.69, 9.17) is 9.47 Å². The molecule has 0 fully saturated rings. The molecule has 0 aliphatic carbocycles. The summed E-state index contributed by atoms with van der Waals surface area (Å²) in [6, 6.07) is 22.2. The van der Waals surface area contributed by atoms with Crippen LogP contribution in [0, 0.1) is 6.92 Å². The van der Waals surface area contributed by atoms with Gasteiger partial charge in [0.1, 0.15) is 17.2 Å². The van der Waals surface area contributed by atoms with E-state index in [2.05, 4.69) is 5.32 Å². The van der Waals surface area contributed by atoms with E-state index in [0.29, 0.717) is 22.6 Å². The van der Waals surface area contributed by atoms with Gasteiger partial charge in [0, 0.05) is 11.3 Å². The van der Waals surface area contributed by atoms with E-state index < -0.39 is 0 Å². The Bertz CT molecular complexity index is 1180. The van der Waals surface area contributed by atoms with Gasteiger partial charge < -0.3 is 14.8 Å². The average molecular weight is 428 g/mol. The molecule has 32 heavy (non-hydrogen) atoms. The van der Waals surface area contributed by atoms with E-state index in [1.165, 1.54) is 4.90 Å². The maximum atomic E-state index is 13.5. The van der Waals surface area contributed by atoms with Crippen molar-refractivity contribution in [2.24, 2.45) is 0 Å². The summed E-state index contributed by atoms with van der Waals surface area (Å²) in [6.45, 7) is 2.14. The first kappa shape index (κ1) is 21.2. The number of carbonyl (C=O) groups is 2. The minimum Gasteiger partial charge on any atom is -0.497 e. The molecule has 162 valence electrons. The van der Waals surface area contributed by atoms with Crippen molar-refractivity contribution in [2.75, 3.05) is 19.5 Å². The Morgan fingerprint density at radius 3 is 2.16 bits per heavy atom. The van der Waals surface area contributed by atoms with E-state index in [1.807, 2.05) is 55.5 Å². The number of carbonyl (C=O) groups excluding carboxylic acids is 2. The number of ether oxygens (including phenoxy) is 2. The first-order chi connectivity index (χ1) is 15.5. The van der Waals surface area contributed by atoms with Gasteiger partial charge in [0.15, 0.2) is 0 Å².